The van der Waals surface area contributed by atoms with Gasteiger partial charge in [0.25, 0.3) is 0 Å². The van der Waals surface area contributed by atoms with E-state index in [-0.39, 0.29) is 0 Å². The first kappa shape index (κ1) is 18.5. The summed E-state index contributed by atoms with van der Waals surface area (Å²) in [6.45, 7) is 3.18. The Balaban J connectivity index is 1.60. The molecule has 3 aromatic rings. The molecule has 0 atom stereocenters. The van der Waals surface area contributed by atoms with Crippen molar-refractivity contribution < 1.29 is 4.74 Å². The van der Waals surface area contributed by atoms with Crippen LogP contribution in [-0.4, -0.2) is 17.5 Å². The predicted octanol–water partition coefficient (Wildman–Crippen LogP) is 3.83. The maximum Gasteiger partial charge on any atom is 0.188 e. The van der Waals surface area contributed by atoms with Gasteiger partial charge in [-0.25, -0.2) is 4.99 Å². The van der Waals surface area contributed by atoms with E-state index in [9.17, 15) is 0 Å². The smallest absolute Gasteiger partial charge is 0.188 e. The first-order valence-corrected chi connectivity index (χ1v) is 8.97. The van der Waals surface area contributed by atoms with E-state index in [1.165, 1.54) is 0 Å². The summed E-state index contributed by atoms with van der Waals surface area (Å²) < 4.78 is 6.02. The topological polar surface area (TPSA) is 72.5 Å². The molecule has 0 aliphatic carbocycles. The number of hydrogen-bond donors (Lipinski definition) is 2. The minimum absolute atomic E-state index is 0.414. The number of nitrogens with zero attached hydrogens (tertiary/aromatic N) is 2. The molecule has 0 amide bonds. The second kappa shape index (κ2) is 9.38. The molecule has 5 nitrogen and oxygen atoms in total. The molecular formula is C22H24N4O. The highest BCUT2D eigenvalue weighted by molar-refractivity contribution is 5.77. The summed E-state index contributed by atoms with van der Waals surface area (Å²) in [5.74, 6) is 2.01. The van der Waals surface area contributed by atoms with E-state index in [1.807, 2.05) is 73.7 Å². The maximum absolute atomic E-state index is 6.02. The molecule has 5 heteroatoms. The first-order chi connectivity index (χ1) is 13.2. The second-order valence-corrected chi connectivity index (χ2v) is 6.23. The van der Waals surface area contributed by atoms with E-state index in [0.717, 1.165) is 34.7 Å². The van der Waals surface area contributed by atoms with Crippen LogP contribution in [0.1, 0.15) is 16.8 Å². The Bertz CT molecular complexity index is 879. The molecular weight excluding hydrogens is 336 g/mol. The van der Waals surface area contributed by atoms with E-state index in [2.05, 4.69) is 15.3 Å². The molecule has 0 spiro atoms. The van der Waals surface area contributed by atoms with Crippen LogP contribution in [-0.2, 0) is 13.0 Å². The van der Waals surface area contributed by atoms with E-state index in [4.69, 9.17) is 10.5 Å². The van der Waals surface area contributed by atoms with Gasteiger partial charge in [0.2, 0.25) is 0 Å². The molecule has 0 aliphatic heterocycles. The fourth-order valence-electron chi connectivity index (χ4n) is 2.59. The zero-order chi connectivity index (χ0) is 18.9. The van der Waals surface area contributed by atoms with E-state index >= 15 is 0 Å². The molecule has 138 valence electrons. The van der Waals surface area contributed by atoms with Gasteiger partial charge in [0.15, 0.2) is 5.96 Å². The number of nitrogens with two attached hydrogens (primary N) is 1. The number of aliphatic imine (C=N–C) groups is 1. The number of benzene rings is 2. The van der Waals surface area contributed by atoms with Gasteiger partial charge in [-0.05, 0) is 42.8 Å². The third-order valence-electron chi connectivity index (χ3n) is 4.03. The molecule has 1 aromatic heterocycles. The summed E-state index contributed by atoms with van der Waals surface area (Å²) >= 11 is 0. The third-order valence-corrected chi connectivity index (χ3v) is 4.03. The van der Waals surface area contributed by atoms with Gasteiger partial charge < -0.3 is 15.8 Å². The van der Waals surface area contributed by atoms with Gasteiger partial charge in [0.1, 0.15) is 11.5 Å². The van der Waals surface area contributed by atoms with Crippen molar-refractivity contribution in [2.24, 2.45) is 10.7 Å². The summed E-state index contributed by atoms with van der Waals surface area (Å²) in [4.78, 5) is 8.73. The minimum atomic E-state index is 0.414. The summed E-state index contributed by atoms with van der Waals surface area (Å²) in [6.07, 6.45) is 2.59. The van der Waals surface area contributed by atoms with Crippen molar-refractivity contribution in [3.05, 3.63) is 89.7 Å². The SMILES string of the molecule is Cc1ccc(CN=C(N)NCCc2ccccn2)c(Oc2ccccc2)c1. The standard InChI is InChI=1S/C22H24N4O/c1-17-10-11-18(21(15-17)27-20-8-3-2-4-9-20)16-26-22(23)25-14-12-19-7-5-6-13-24-19/h2-11,13,15H,12,14,16H2,1H3,(H3,23,25,26). The maximum atomic E-state index is 6.02. The number of guanidine groups is 1. The van der Waals surface area contributed by atoms with Crippen molar-refractivity contribution in [2.75, 3.05) is 6.54 Å². The van der Waals surface area contributed by atoms with Gasteiger partial charge in [-0.2, -0.15) is 0 Å². The lowest BCUT2D eigenvalue weighted by Crippen LogP contribution is -2.33. The van der Waals surface area contributed by atoms with Gasteiger partial charge in [0.05, 0.1) is 6.54 Å². The zero-order valence-corrected chi connectivity index (χ0v) is 15.4. The minimum Gasteiger partial charge on any atom is -0.457 e. The highest BCUT2D eigenvalue weighted by Gasteiger charge is 2.06. The lowest BCUT2D eigenvalue weighted by Gasteiger charge is -2.11. The molecule has 0 unspecified atom stereocenters. The molecule has 2 aromatic carbocycles. The third kappa shape index (κ3) is 5.85. The Kier molecular flexibility index (Phi) is 6.41. The van der Waals surface area contributed by atoms with Crippen LogP contribution in [0.3, 0.4) is 0 Å². The van der Waals surface area contributed by atoms with Crippen molar-refractivity contribution >= 4 is 5.96 Å². The van der Waals surface area contributed by atoms with Crippen LogP contribution >= 0.6 is 0 Å². The van der Waals surface area contributed by atoms with Gasteiger partial charge >= 0.3 is 0 Å². The van der Waals surface area contributed by atoms with Crippen LogP contribution in [0.4, 0.5) is 0 Å². The van der Waals surface area contributed by atoms with Crippen LogP contribution in [0.25, 0.3) is 0 Å². The monoisotopic (exact) mass is 360 g/mol. The molecule has 0 radical (unpaired) electrons. The number of rotatable bonds is 7. The fourth-order valence-corrected chi connectivity index (χ4v) is 2.59. The molecule has 3 N–H and O–H groups in total. The van der Waals surface area contributed by atoms with Gasteiger partial charge in [-0.1, -0.05) is 36.4 Å². The number of ether oxygens (including phenoxy) is 1. The highest BCUT2D eigenvalue weighted by atomic mass is 16.5. The highest BCUT2D eigenvalue weighted by Crippen LogP contribution is 2.27. The Labute approximate surface area is 159 Å². The average Bonchev–Trinajstić information content (AvgIpc) is 2.69. The Morgan fingerprint density at radius 2 is 1.89 bits per heavy atom. The normalized spacial score (nSPS) is 11.2. The average molecular weight is 360 g/mol. The zero-order valence-electron chi connectivity index (χ0n) is 15.4. The molecule has 1 heterocycles. The molecule has 27 heavy (non-hydrogen) atoms. The van der Waals surface area contributed by atoms with Crippen LogP contribution in [0.5, 0.6) is 11.5 Å². The van der Waals surface area contributed by atoms with E-state index in [0.29, 0.717) is 19.0 Å². The molecule has 0 aliphatic rings. The molecule has 0 bridgehead atoms. The van der Waals surface area contributed by atoms with Crippen LogP contribution in [0.15, 0.2) is 77.9 Å². The molecule has 0 saturated carbocycles. The van der Waals surface area contributed by atoms with Crippen molar-refractivity contribution in [2.45, 2.75) is 19.9 Å². The Morgan fingerprint density at radius 1 is 1.07 bits per heavy atom. The lowest BCUT2D eigenvalue weighted by molar-refractivity contribution is 0.476. The van der Waals surface area contributed by atoms with Crippen molar-refractivity contribution in [1.82, 2.24) is 10.3 Å². The quantitative estimate of drug-likeness (QED) is 0.496. The summed E-state index contributed by atoms with van der Waals surface area (Å²) in [5.41, 5.74) is 9.14. The van der Waals surface area contributed by atoms with Crippen LogP contribution in [0.2, 0.25) is 0 Å². The summed E-state index contributed by atoms with van der Waals surface area (Å²) in [5, 5.41) is 3.13. The lowest BCUT2D eigenvalue weighted by atomic mass is 10.1. The number of aryl methyl sites for hydroxylation is 1. The molecule has 3 rings (SSSR count). The van der Waals surface area contributed by atoms with Gasteiger partial charge in [-0.3, -0.25) is 4.98 Å². The number of aromatic nitrogens is 1. The molecule has 0 saturated heterocycles. The van der Waals surface area contributed by atoms with Crippen molar-refractivity contribution in [3.63, 3.8) is 0 Å². The fraction of sp³-hybridized carbons (Fsp3) is 0.182. The van der Waals surface area contributed by atoms with Crippen molar-refractivity contribution in [1.29, 1.82) is 0 Å². The van der Waals surface area contributed by atoms with Gasteiger partial charge in [0, 0.05) is 30.4 Å². The Morgan fingerprint density at radius 3 is 2.67 bits per heavy atom. The Hall–Kier alpha value is -3.34. The van der Waals surface area contributed by atoms with E-state index < -0.39 is 0 Å². The number of nitrogens with one attached hydrogen (secondary N) is 1. The van der Waals surface area contributed by atoms with Gasteiger partial charge in [-0.15, -0.1) is 0 Å². The van der Waals surface area contributed by atoms with Crippen molar-refractivity contribution in [3.8, 4) is 11.5 Å². The predicted molar refractivity (Wildman–Crippen MR) is 109 cm³/mol. The number of pyridine rings is 1. The first-order valence-electron chi connectivity index (χ1n) is 8.97. The second-order valence-electron chi connectivity index (χ2n) is 6.23. The van der Waals surface area contributed by atoms with Crippen LogP contribution in [0, 0.1) is 6.92 Å². The number of para-hydroxylation sites is 1. The van der Waals surface area contributed by atoms with E-state index in [1.54, 1.807) is 6.20 Å². The summed E-state index contributed by atoms with van der Waals surface area (Å²) in [6, 6.07) is 21.7. The summed E-state index contributed by atoms with van der Waals surface area (Å²) in [7, 11) is 0. The molecule has 0 fully saturated rings. The largest absolute Gasteiger partial charge is 0.457 e. The number of hydrogen-bond acceptors (Lipinski definition) is 3. The van der Waals surface area contributed by atoms with Crippen LogP contribution < -0.4 is 15.8 Å².